The highest BCUT2D eigenvalue weighted by Gasteiger charge is 2.37. The summed E-state index contributed by atoms with van der Waals surface area (Å²) in [6, 6.07) is 3.14. The fourth-order valence-corrected chi connectivity index (χ4v) is 4.92. The number of esters is 1. The lowest BCUT2D eigenvalue weighted by atomic mass is 10.0. The Balaban J connectivity index is 1.86. The Bertz CT molecular complexity index is 1080. The summed E-state index contributed by atoms with van der Waals surface area (Å²) in [5.74, 6) is -2.69. The molecule has 3 rings (SSSR count). The van der Waals surface area contributed by atoms with Crippen molar-refractivity contribution in [2.45, 2.75) is 70.9 Å². The quantitative estimate of drug-likeness (QED) is 0.543. The normalized spacial score (nSPS) is 21.2. The van der Waals surface area contributed by atoms with Gasteiger partial charge in [0.15, 0.2) is 0 Å². The molecule has 2 heterocycles. The van der Waals surface area contributed by atoms with Gasteiger partial charge in [0, 0.05) is 38.5 Å². The van der Waals surface area contributed by atoms with Crippen molar-refractivity contribution in [3.8, 4) is 0 Å². The van der Waals surface area contributed by atoms with Crippen LogP contribution in [-0.4, -0.2) is 84.8 Å². The number of rotatable bonds is 5. The zero-order valence-electron chi connectivity index (χ0n) is 23.0. The molecule has 0 aliphatic carbocycles. The summed E-state index contributed by atoms with van der Waals surface area (Å²) in [7, 11) is 1.28. The van der Waals surface area contributed by atoms with E-state index in [-0.39, 0.29) is 61.6 Å². The standard InChI is InChI=1S/C28H39FN4O6/c1-18(2)22-16-32(25(35)9-4-10-26(36)39-3)17-24(34)30-13-5-7-19-11-12-21(29)20(15-19)28(38)33-14-6-8-23(33)27(37)31-22/h11-12,15,18,22-23H,4-10,13-14,16-17H2,1-3H3,(H,30,34)(H,31,37)/t22-,23-/m0/s1. The number of fused-ring (bicyclic) bond motifs is 3. The molecule has 10 nitrogen and oxygen atoms in total. The number of hydrogen-bond acceptors (Lipinski definition) is 6. The maximum absolute atomic E-state index is 14.7. The van der Waals surface area contributed by atoms with Gasteiger partial charge in [0.2, 0.25) is 17.7 Å². The third kappa shape index (κ3) is 8.24. The number of halogens is 1. The molecule has 11 heteroatoms. The number of amides is 4. The van der Waals surface area contributed by atoms with Gasteiger partial charge in [-0.25, -0.2) is 4.39 Å². The molecule has 2 bridgehead atoms. The zero-order chi connectivity index (χ0) is 28.5. The first-order chi connectivity index (χ1) is 18.6. The predicted octanol–water partition coefficient (Wildman–Crippen LogP) is 1.81. The van der Waals surface area contributed by atoms with E-state index < -0.39 is 29.8 Å². The van der Waals surface area contributed by atoms with Crippen LogP contribution in [0.15, 0.2) is 18.2 Å². The van der Waals surface area contributed by atoms with E-state index in [0.717, 1.165) is 5.56 Å². The van der Waals surface area contributed by atoms with Gasteiger partial charge in [-0.2, -0.15) is 0 Å². The molecule has 0 saturated carbocycles. The van der Waals surface area contributed by atoms with E-state index in [0.29, 0.717) is 38.8 Å². The van der Waals surface area contributed by atoms with Crippen LogP contribution in [0.3, 0.4) is 0 Å². The smallest absolute Gasteiger partial charge is 0.305 e. The maximum atomic E-state index is 14.7. The maximum Gasteiger partial charge on any atom is 0.305 e. The van der Waals surface area contributed by atoms with E-state index in [1.54, 1.807) is 6.07 Å². The second-order valence-corrected chi connectivity index (χ2v) is 10.5. The Morgan fingerprint density at radius 3 is 2.64 bits per heavy atom. The summed E-state index contributed by atoms with van der Waals surface area (Å²) in [6.07, 6.45) is 2.53. The van der Waals surface area contributed by atoms with Gasteiger partial charge in [0.1, 0.15) is 11.9 Å². The van der Waals surface area contributed by atoms with Crippen molar-refractivity contribution in [3.63, 3.8) is 0 Å². The van der Waals surface area contributed by atoms with E-state index in [4.69, 9.17) is 0 Å². The molecule has 39 heavy (non-hydrogen) atoms. The third-order valence-electron chi connectivity index (χ3n) is 7.28. The average molecular weight is 547 g/mol. The molecule has 0 unspecified atom stereocenters. The minimum absolute atomic E-state index is 0.0488. The third-order valence-corrected chi connectivity index (χ3v) is 7.28. The summed E-state index contributed by atoms with van der Waals surface area (Å²) in [4.78, 5) is 66.9. The van der Waals surface area contributed by atoms with Crippen LogP contribution >= 0.6 is 0 Å². The molecule has 2 aliphatic heterocycles. The van der Waals surface area contributed by atoms with E-state index >= 15 is 0 Å². The molecule has 2 aliphatic rings. The van der Waals surface area contributed by atoms with Crippen LogP contribution in [0.5, 0.6) is 0 Å². The fourth-order valence-electron chi connectivity index (χ4n) is 4.92. The van der Waals surface area contributed by atoms with Crippen molar-refractivity contribution in [2.75, 3.05) is 33.3 Å². The van der Waals surface area contributed by atoms with Crippen LogP contribution in [0.25, 0.3) is 0 Å². The molecule has 1 saturated heterocycles. The van der Waals surface area contributed by atoms with Gasteiger partial charge in [-0.3, -0.25) is 24.0 Å². The molecular formula is C28H39FN4O6. The van der Waals surface area contributed by atoms with Crippen molar-refractivity contribution in [2.24, 2.45) is 5.92 Å². The predicted molar refractivity (Wildman–Crippen MR) is 141 cm³/mol. The lowest BCUT2D eigenvalue weighted by Gasteiger charge is -2.32. The number of benzene rings is 1. The fraction of sp³-hybridized carbons (Fsp3) is 0.607. The molecule has 0 aromatic heterocycles. The minimum atomic E-state index is -0.759. The lowest BCUT2D eigenvalue weighted by Crippen LogP contribution is -2.54. The molecule has 1 fully saturated rings. The van der Waals surface area contributed by atoms with E-state index in [9.17, 15) is 28.4 Å². The summed E-state index contributed by atoms with van der Waals surface area (Å²) < 4.78 is 19.3. The van der Waals surface area contributed by atoms with Crippen LogP contribution in [0, 0.1) is 11.7 Å². The second kappa shape index (κ2) is 14.0. The first kappa shape index (κ1) is 30.0. The highest BCUT2D eigenvalue weighted by atomic mass is 19.1. The molecule has 0 spiro atoms. The van der Waals surface area contributed by atoms with Gasteiger partial charge in [0.05, 0.1) is 19.2 Å². The highest BCUT2D eigenvalue weighted by molar-refractivity contribution is 5.98. The molecule has 0 radical (unpaired) electrons. The monoisotopic (exact) mass is 546 g/mol. The van der Waals surface area contributed by atoms with Crippen LogP contribution in [0.1, 0.15) is 68.3 Å². The lowest BCUT2D eigenvalue weighted by molar-refractivity contribution is -0.141. The van der Waals surface area contributed by atoms with Crippen molar-refractivity contribution in [1.82, 2.24) is 20.4 Å². The number of nitrogens with one attached hydrogen (secondary N) is 2. The van der Waals surface area contributed by atoms with E-state index in [2.05, 4.69) is 15.4 Å². The first-order valence-electron chi connectivity index (χ1n) is 13.6. The van der Waals surface area contributed by atoms with Gasteiger partial charge in [-0.05, 0) is 55.7 Å². The van der Waals surface area contributed by atoms with E-state index in [1.807, 2.05) is 13.8 Å². The highest BCUT2D eigenvalue weighted by Crippen LogP contribution is 2.23. The van der Waals surface area contributed by atoms with Crippen LogP contribution in [0.2, 0.25) is 0 Å². The number of hydrogen-bond donors (Lipinski definition) is 2. The molecule has 2 atom stereocenters. The molecule has 1 aromatic rings. The SMILES string of the molecule is COC(=O)CCCC(=O)N1CC(=O)NCCCc2ccc(F)c(c2)C(=O)N2CCC[C@H]2C(=O)N[C@H](C(C)C)C1. The Kier molecular flexibility index (Phi) is 10.8. The van der Waals surface area contributed by atoms with Gasteiger partial charge in [0.25, 0.3) is 5.91 Å². The second-order valence-electron chi connectivity index (χ2n) is 10.5. The Hall–Kier alpha value is -3.50. The summed E-state index contributed by atoms with van der Waals surface area (Å²) in [5.41, 5.74) is 0.686. The number of nitrogens with zero attached hydrogens (tertiary/aromatic N) is 2. The minimum Gasteiger partial charge on any atom is -0.469 e. The molecule has 214 valence electrons. The van der Waals surface area contributed by atoms with Crippen molar-refractivity contribution in [1.29, 1.82) is 0 Å². The molecular weight excluding hydrogens is 507 g/mol. The molecule has 1 aromatic carbocycles. The Labute approximate surface area is 228 Å². The Morgan fingerprint density at radius 2 is 1.92 bits per heavy atom. The zero-order valence-corrected chi connectivity index (χ0v) is 23.0. The van der Waals surface area contributed by atoms with Crippen LogP contribution < -0.4 is 10.6 Å². The first-order valence-corrected chi connectivity index (χ1v) is 13.6. The van der Waals surface area contributed by atoms with Crippen LogP contribution in [-0.2, 0) is 30.3 Å². The molecule has 4 amide bonds. The number of ether oxygens (including phenoxy) is 1. The summed E-state index contributed by atoms with van der Waals surface area (Å²) in [6.45, 7) is 4.37. The van der Waals surface area contributed by atoms with Gasteiger partial charge in [-0.1, -0.05) is 19.9 Å². The molecule has 2 N–H and O–H groups in total. The Morgan fingerprint density at radius 1 is 1.15 bits per heavy atom. The van der Waals surface area contributed by atoms with Crippen molar-refractivity contribution >= 4 is 29.6 Å². The van der Waals surface area contributed by atoms with Gasteiger partial charge < -0.3 is 25.2 Å². The van der Waals surface area contributed by atoms with Crippen molar-refractivity contribution < 1.29 is 33.1 Å². The topological polar surface area (TPSA) is 125 Å². The number of methoxy groups -OCH3 is 1. The van der Waals surface area contributed by atoms with E-state index in [1.165, 1.54) is 29.0 Å². The average Bonchev–Trinajstić information content (AvgIpc) is 3.40. The summed E-state index contributed by atoms with van der Waals surface area (Å²) in [5, 5.41) is 5.80. The van der Waals surface area contributed by atoms with Crippen LogP contribution in [0.4, 0.5) is 4.39 Å². The largest absolute Gasteiger partial charge is 0.469 e. The number of carbonyl (C=O) groups excluding carboxylic acids is 5. The summed E-state index contributed by atoms with van der Waals surface area (Å²) >= 11 is 0. The van der Waals surface area contributed by atoms with Gasteiger partial charge >= 0.3 is 5.97 Å². The number of carbonyl (C=O) groups is 5. The van der Waals surface area contributed by atoms with Crippen molar-refractivity contribution in [3.05, 3.63) is 35.1 Å². The van der Waals surface area contributed by atoms with Gasteiger partial charge in [-0.15, -0.1) is 0 Å². The number of aryl methyl sites for hydroxylation is 1.